The number of carbonyl (C=O) groups excluding carboxylic acids is 2. The first-order valence-corrected chi connectivity index (χ1v) is 12.1. The highest BCUT2D eigenvalue weighted by molar-refractivity contribution is 6.00. The summed E-state index contributed by atoms with van der Waals surface area (Å²) in [4.78, 5) is 26.3. The third-order valence-corrected chi connectivity index (χ3v) is 6.47. The lowest BCUT2D eigenvalue weighted by Gasteiger charge is -2.30. The van der Waals surface area contributed by atoms with Gasteiger partial charge in [-0.15, -0.1) is 0 Å². The number of carbonyl (C=O) groups is 2. The molecule has 0 saturated carbocycles. The Morgan fingerprint density at radius 1 is 0.816 bits per heavy atom. The molecule has 38 heavy (non-hydrogen) atoms. The minimum atomic E-state index is -0.699. The van der Waals surface area contributed by atoms with Crippen LogP contribution in [0.25, 0.3) is 0 Å². The Morgan fingerprint density at radius 3 is 1.97 bits per heavy atom. The van der Waals surface area contributed by atoms with Crippen LogP contribution in [0.15, 0.2) is 71.9 Å². The van der Waals surface area contributed by atoms with Crippen molar-refractivity contribution in [3.63, 3.8) is 0 Å². The first-order valence-electron chi connectivity index (χ1n) is 12.1. The summed E-state index contributed by atoms with van der Waals surface area (Å²) in [5.41, 5.74) is 3.29. The van der Waals surface area contributed by atoms with E-state index in [1.807, 2.05) is 0 Å². The number of Topliss-reactive ketones (excluding diaryl/α,β-unsaturated/α-hetero) is 1. The van der Waals surface area contributed by atoms with Crippen LogP contribution in [-0.2, 0) is 17.6 Å². The molecule has 9 nitrogen and oxygen atoms in total. The van der Waals surface area contributed by atoms with Crippen molar-refractivity contribution in [1.29, 1.82) is 0 Å². The van der Waals surface area contributed by atoms with Gasteiger partial charge in [0, 0.05) is 17.7 Å². The van der Waals surface area contributed by atoms with E-state index >= 15 is 0 Å². The molecule has 2 amide bonds. The van der Waals surface area contributed by atoms with E-state index in [2.05, 4.69) is 10.6 Å². The molecule has 1 unspecified atom stereocenters. The lowest BCUT2D eigenvalue weighted by molar-refractivity contribution is -0.116. The minimum Gasteiger partial charge on any atom is -0.508 e. The van der Waals surface area contributed by atoms with Crippen molar-refractivity contribution in [2.75, 3.05) is 14.2 Å². The predicted octanol–water partition coefficient (Wildman–Crippen LogP) is 4.26. The second kappa shape index (κ2) is 11.6. The Bertz CT molecular complexity index is 1370. The number of phenols is 3. The van der Waals surface area contributed by atoms with Crippen LogP contribution in [0.2, 0.25) is 0 Å². The van der Waals surface area contributed by atoms with Crippen LogP contribution >= 0.6 is 0 Å². The molecule has 0 aliphatic carbocycles. The van der Waals surface area contributed by atoms with Crippen molar-refractivity contribution < 1.29 is 34.4 Å². The highest BCUT2D eigenvalue weighted by Gasteiger charge is 2.32. The standard InChI is InChI=1S/C29H30N2O7/c1-37-25-15-17(4-12-22(25)33)3-11-21-27(24(35)14-6-18-5-13-23(34)26(16-18)38-2)28(31-29(36)30-21)19-7-9-20(32)10-8-19/h4-5,7-10,12-13,15-16,28,32-34H,3,6,11,14H2,1-2H3,(H2,30,31,36). The van der Waals surface area contributed by atoms with Crippen molar-refractivity contribution >= 4 is 11.8 Å². The maximum atomic E-state index is 13.7. The molecule has 1 aliphatic rings. The lowest BCUT2D eigenvalue weighted by atomic mass is 9.88. The van der Waals surface area contributed by atoms with Gasteiger partial charge < -0.3 is 35.4 Å². The van der Waals surface area contributed by atoms with Gasteiger partial charge in [0.25, 0.3) is 0 Å². The molecule has 0 radical (unpaired) electrons. The topological polar surface area (TPSA) is 137 Å². The van der Waals surface area contributed by atoms with Crippen LogP contribution in [0, 0.1) is 0 Å². The molecule has 198 valence electrons. The molecule has 3 aromatic carbocycles. The van der Waals surface area contributed by atoms with Gasteiger partial charge in [-0.05, 0) is 72.4 Å². The maximum Gasteiger partial charge on any atom is 0.319 e. The summed E-state index contributed by atoms with van der Waals surface area (Å²) in [7, 11) is 2.93. The average molecular weight is 519 g/mol. The van der Waals surface area contributed by atoms with Crippen molar-refractivity contribution in [3.05, 3.63) is 88.6 Å². The summed E-state index contributed by atoms with van der Waals surface area (Å²) in [6.07, 6.45) is 1.41. The van der Waals surface area contributed by atoms with Crippen LogP contribution < -0.4 is 20.1 Å². The summed E-state index contributed by atoms with van der Waals surface area (Å²) < 4.78 is 10.4. The number of aryl methyl sites for hydroxylation is 2. The third-order valence-electron chi connectivity index (χ3n) is 6.47. The maximum absolute atomic E-state index is 13.7. The largest absolute Gasteiger partial charge is 0.508 e. The Hall–Kier alpha value is -4.66. The Morgan fingerprint density at radius 2 is 1.39 bits per heavy atom. The van der Waals surface area contributed by atoms with E-state index in [4.69, 9.17) is 9.47 Å². The Kier molecular flexibility index (Phi) is 8.06. The van der Waals surface area contributed by atoms with Crippen LogP contribution in [0.3, 0.4) is 0 Å². The van der Waals surface area contributed by atoms with Crippen LogP contribution in [-0.4, -0.2) is 41.4 Å². The fourth-order valence-corrected chi connectivity index (χ4v) is 4.48. The van der Waals surface area contributed by atoms with Gasteiger partial charge in [0.2, 0.25) is 0 Å². The van der Waals surface area contributed by atoms with Crippen LogP contribution in [0.1, 0.15) is 35.6 Å². The molecule has 9 heteroatoms. The van der Waals surface area contributed by atoms with E-state index in [9.17, 15) is 24.9 Å². The zero-order valence-corrected chi connectivity index (χ0v) is 21.2. The van der Waals surface area contributed by atoms with Gasteiger partial charge in [-0.25, -0.2) is 4.79 Å². The number of allylic oxidation sites excluding steroid dienone is 1. The molecular formula is C29H30N2O7. The van der Waals surface area contributed by atoms with Gasteiger partial charge >= 0.3 is 6.03 Å². The van der Waals surface area contributed by atoms with Crippen molar-refractivity contribution in [2.45, 2.75) is 31.7 Å². The number of hydrogen-bond acceptors (Lipinski definition) is 7. The summed E-state index contributed by atoms with van der Waals surface area (Å²) in [5, 5.41) is 35.2. The minimum absolute atomic E-state index is 0.0185. The second-order valence-corrected chi connectivity index (χ2v) is 8.95. The number of hydrogen-bond donors (Lipinski definition) is 5. The highest BCUT2D eigenvalue weighted by atomic mass is 16.5. The Balaban J connectivity index is 1.65. The zero-order chi connectivity index (χ0) is 27.2. The first kappa shape index (κ1) is 26.4. The van der Waals surface area contributed by atoms with Gasteiger partial charge in [0.05, 0.1) is 20.3 Å². The summed E-state index contributed by atoms with van der Waals surface area (Å²) >= 11 is 0. The molecule has 1 atom stereocenters. The number of nitrogens with one attached hydrogen (secondary N) is 2. The molecule has 1 heterocycles. The normalized spacial score (nSPS) is 15.0. The van der Waals surface area contributed by atoms with Crippen LogP contribution in [0.4, 0.5) is 4.79 Å². The SMILES string of the molecule is COc1cc(CCC(=O)C2=C(CCc3ccc(O)c(OC)c3)NC(=O)NC2c2ccc(O)cc2)ccc1O. The zero-order valence-electron chi connectivity index (χ0n) is 21.2. The average Bonchev–Trinajstić information content (AvgIpc) is 2.92. The number of ketones is 1. The van der Waals surface area contributed by atoms with Crippen molar-refractivity contribution in [2.24, 2.45) is 0 Å². The molecule has 5 N–H and O–H groups in total. The van der Waals surface area contributed by atoms with Gasteiger partial charge in [-0.2, -0.15) is 0 Å². The van der Waals surface area contributed by atoms with Gasteiger partial charge in [-0.1, -0.05) is 24.3 Å². The second-order valence-electron chi connectivity index (χ2n) is 8.95. The molecule has 0 aromatic heterocycles. The van der Waals surface area contributed by atoms with E-state index in [0.717, 1.165) is 11.1 Å². The molecule has 0 bridgehead atoms. The number of aromatic hydroxyl groups is 3. The number of rotatable bonds is 10. The predicted molar refractivity (Wildman–Crippen MR) is 141 cm³/mol. The summed E-state index contributed by atoms with van der Waals surface area (Å²) in [6, 6.07) is 15.2. The lowest BCUT2D eigenvalue weighted by Crippen LogP contribution is -2.45. The first-order chi connectivity index (χ1) is 18.3. The van der Waals surface area contributed by atoms with Crippen molar-refractivity contribution in [1.82, 2.24) is 10.6 Å². The fourth-order valence-electron chi connectivity index (χ4n) is 4.48. The molecule has 3 aromatic rings. The summed E-state index contributed by atoms with van der Waals surface area (Å²) in [6.45, 7) is 0. The number of amides is 2. The van der Waals surface area contributed by atoms with E-state index in [1.165, 1.54) is 32.4 Å². The van der Waals surface area contributed by atoms with E-state index < -0.39 is 12.1 Å². The highest BCUT2D eigenvalue weighted by Crippen LogP contribution is 2.33. The number of urea groups is 1. The number of benzene rings is 3. The molecule has 0 fully saturated rings. The molecule has 0 spiro atoms. The van der Waals surface area contributed by atoms with Crippen LogP contribution in [0.5, 0.6) is 28.7 Å². The fraction of sp³-hybridized carbons (Fsp3) is 0.241. The number of ether oxygens (including phenoxy) is 2. The van der Waals surface area contributed by atoms with Gasteiger partial charge in [0.1, 0.15) is 5.75 Å². The molecule has 0 saturated heterocycles. The quantitative estimate of drug-likeness (QED) is 0.270. The smallest absolute Gasteiger partial charge is 0.319 e. The van der Waals surface area contributed by atoms with E-state index in [-0.39, 0.29) is 29.5 Å². The van der Waals surface area contributed by atoms with E-state index in [1.54, 1.807) is 42.5 Å². The molecular weight excluding hydrogens is 488 g/mol. The van der Waals surface area contributed by atoms with E-state index in [0.29, 0.717) is 47.6 Å². The monoisotopic (exact) mass is 518 g/mol. The number of methoxy groups -OCH3 is 2. The summed E-state index contributed by atoms with van der Waals surface area (Å²) in [5.74, 6) is 0.639. The third kappa shape index (κ3) is 6.00. The molecule has 4 rings (SSSR count). The molecule has 1 aliphatic heterocycles. The number of phenolic OH excluding ortho intramolecular Hbond substituents is 3. The Labute approximate surface area is 220 Å². The van der Waals surface area contributed by atoms with Gasteiger partial charge in [-0.3, -0.25) is 4.79 Å². The van der Waals surface area contributed by atoms with Crippen molar-refractivity contribution in [3.8, 4) is 28.7 Å². The van der Waals surface area contributed by atoms with Gasteiger partial charge in [0.15, 0.2) is 28.8 Å².